The SMILES string of the molecule is Cc1cccc(C)c1OC[C@@H](O)CN(Cc1ccccc1O)C1CCCCC1. The second-order valence-electron chi connectivity index (χ2n) is 8.04. The monoisotopic (exact) mass is 383 g/mol. The van der Waals surface area contributed by atoms with E-state index in [2.05, 4.69) is 4.90 Å². The van der Waals surface area contributed by atoms with E-state index in [0.717, 1.165) is 35.3 Å². The van der Waals surface area contributed by atoms with Gasteiger partial charge in [-0.3, -0.25) is 4.90 Å². The zero-order valence-electron chi connectivity index (χ0n) is 17.1. The molecule has 0 aliphatic heterocycles. The molecule has 1 fully saturated rings. The van der Waals surface area contributed by atoms with Gasteiger partial charge >= 0.3 is 0 Å². The molecule has 0 unspecified atom stereocenters. The molecule has 0 bridgehead atoms. The molecule has 2 aromatic rings. The Morgan fingerprint density at radius 3 is 2.36 bits per heavy atom. The molecule has 1 aliphatic rings. The Kier molecular flexibility index (Phi) is 7.35. The first kappa shape index (κ1) is 20.7. The molecule has 0 heterocycles. The molecule has 1 saturated carbocycles. The minimum Gasteiger partial charge on any atom is -0.508 e. The summed E-state index contributed by atoms with van der Waals surface area (Å²) >= 11 is 0. The third-order valence-corrected chi connectivity index (χ3v) is 5.73. The van der Waals surface area contributed by atoms with Crippen molar-refractivity contribution in [2.45, 2.75) is 64.6 Å². The van der Waals surface area contributed by atoms with E-state index in [-0.39, 0.29) is 6.61 Å². The lowest BCUT2D eigenvalue weighted by Gasteiger charge is -2.35. The molecule has 1 aliphatic carbocycles. The number of ether oxygens (including phenoxy) is 1. The van der Waals surface area contributed by atoms with Gasteiger partial charge in [-0.2, -0.15) is 0 Å². The largest absolute Gasteiger partial charge is 0.508 e. The molecular formula is C24H33NO3. The zero-order chi connectivity index (χ0) is 19.9. The average Bonchev–Trinajstić information content (AvgIpc) is 2.69. The predicted octanol–water partition coefficient (Wildman–Crippen LogP) is 4.58. The van der Waals surface area contributed by atoms with E-state index in [1.165, 1.54) is 19.3 Å². The van der Waals surface area contributed by atoms with Gasteiger partial charge in [-0.05, 0) is 43.9 Å². The maximum absolute atomic E-state index is 10.7. The molecule has 28 heavy (non-hydrogen) atoms. The topological polar surface area (TPSA) is 52.9 Å². The number of hydrogen-bond donors (Lipinski definition) is 2. The van der Waals surface area contributed by atoms with Gasteiger partial charge in [0.15, 0.2) is 0 Å². The Labute approximate surface area is 168 Å². The van der Waals surface area contributed by atoms with Gasteiger partial charge in [0.2, 0.25) is 0 Å². The highest BCUT2D eigenvalue weighted by Crippen LogP contribution is 2.27. The highest BCUT2D eigenvalue weighted by atomic mass is 16.5. The highest BCUT2D eigenvalue weighted by Gasteiger charge is 2.24. The van der Waals surface area contributed by atoms with Crippen LogP contribution in [0.1, 0.15) is 48.8 Å². The summed E-state index contributed by atoms with van der Waals surface area (Å²) in [5, 5.41) is 20.9. The Bertz CT molecular complexity index is 735. The molecule has 152 valence electrons. The number of hydrogen-bond acceptors (Lipinski definition) is 4. The molecule has 4 nitrogen and oxygen atoms in total. The fourth-order valence-electron chi connectivity index (χ4n) is 4.18. The maximum atomic E-state index is 10.7. The van der Waals surface area contributed by atoms with Crippen molar-refractivity contribution in [3.63, 3.8) is 0 Å². The smallest absolute Gasteiger partial charge is 0.125 e. The molecule has 2 aromatic carbocycles. The molecule has 0 amide bonds. The van der Waals surface area contributed by atoms with E-state index >= 15 is 0 Å². The van der Waals surface area contributed by atoms with Gasteiger partial charge in [-0.25, -0.2) is 0 Å². The summed E-state index contributed by atoms with van der Waals surface area (Å²) in [6.45, 7) is 5.53. The Morgan fingerprint density at radius 2 is 1.68 bits per heavy atom. The van der Waals surface area contributed by atoms with Gasteiger partial charge in [0.05, 0.1) is 0 Å². The van der Waals surface area contributed by atoms with Gasteiger partial charge in [0, 0.05) is 24.7 Å². The Balaban J connectivity index is 1.65. The fourth-order valence-corrected chi connectivity index (χ4v) is 4.18. The minimum atomic E-state index is -0.577. The van der Waals surface area contributed by atoms with Crippen LogP contribution in [0, 0.1) is 13.8 Å². The third kappa shape index (κ3) is 5.49. The molecule has 0 aromatic heterocycles. The number of para-hydroxylation sites is 2. The summed E-state index contributed by atoms with van der Waals surface area (Å²) in [7, 11) is 0. The van der Waals surface area contributed by atoms with Crippen LogP contribution in [0.15, 0.2) is 42.5 Å². The predicted molar refractivity (Wildman–Crippen MR) is 113 cm³/mol. The second kappa shape index (κ2) is 9.94. The molecule has 0 spiro atoms. The van der Waals surface area contributed by atoms with Crippen LogP contribution in [-0.2, 0) is 6.54 Å². The lowest BCUT2D eigenvalue weighted by Crippen LogP contribution is -2.42. The van der Waals surface area contributed by atoms with Crippen molar-refractivity contribution in [3.05, 3.63) is 59.2 Å². The van der Waals surface area contributed by atoms with Crippen molar-refractivity contribution >= 4 is 0 Å². The lowest BCUT2D eigenvalue weighted by molar-refractivity contribution is 0.0392. The lowest BCUT2D eigenvalue weighted by atomic mass is 9.93. The molecule has 2 N–H and O–H groups in total. The second-order valence-corrected chi connectivity index (χ2v) is 8.04. The van der Waals surface area contributed by atoms with Crippen LogP contribution < -0.4 is 4.74 Å². The molecule has 0 saturated heterocycles. The normalized spacial score (nSPS) is 16.3. The number of phenols is 1. The van der Waals surface area contributed by atoms with Crippen LogP contribution in [0.5, 0.6) is 11.5 Å². The number of nitrogens with zero attached hydrogens (tertiary/aromatic N) is 1. The average molecular weight is 384 g/mol. The first-order valence-corrected chi connectivity index (χ1v) is 10.4. The first-order valence-electron chi connectivity index (χ1n) is 10.4. The number of aryl methyl sites for hydroxylation is 2. The van der Waals surface area contributed by atoms with E-state index < -0.39 is 6.10 Å². The number of rotatable bonds is 8. The number of phenolic OH excluding ortho intramolecular Hbond substituents is 1. The van der Waals surface area contributed by atoms with Gasteiger partial charge in [-0.15, -0.1) is 0 Å². The van der Waals surface area contributed by atoms with E-state index in [1.807, 2.05) is 50.2 Å². The Morgan fingerprint density at radius 1 is 1.00 bits per heavy atom. The highest BCUT2D eigenvalue weighted by molar-refractivity contribution is 5.39. The van der Waals surface area contributed by atoms with E-state index in [1.54, 1.807) is 6.07 Å². The zero-order valence-corrected chi connectivity index (χ0v) is 17.1. The van der Waals surface area contributed by atoms with Crippen molar-refractivity contribution in [2.24, 2.45) is 0 Å². The van der Waals surface area contributed by atoms with Crippen molar-refractivity contribution < 1.29 is 14.9 Å². The third-order valence-electron chi connectivity index (χ3n) is 5.73. The Hall–Kier alpha value is -2.04. The van der Waals surface area contributed by atoms with Gasteiger partial charge < -0.3 is 14.9 Å². The summed E-state index contributed by atoms with van der Waals surface area (Å²) < 4.78 is 5.97. The molecule has 1 atom stereocenters. The van der Waals surface area contributed by atoms with Crippen LogP contribution in [0.2, 0.25) is 0 Å². The standard InChI is InChI=1S/C24H33NO3/c1-18-9-8-10-19(2)24(18)28-17-22(26)16-25(21-12-4-3-5-13-21)15-20-11-6-7-14-23(20)27/h6-11,14,21-22,26-27H,3-5,12-13,15-17H2,1-2H3/t22-/m0/s1. The van der Waals surface area contributed by atoms with Crippen LogP contribution in [0.4, 0.5) is 0 Å². The number of benzene rings is 2. The van der Waals surface area contributed by atoms with E-state index in [4.69, 9.17) is 4.74 Å². The van der Waals surface area contributed by atoms with Crippen molar-refractivity contribution in [1.82, 2.24) is 4.90 Å². The van der Waals surface area contributed by atoms with Crippen LogP contribution in [0.3, 0.4) is 0 Å². The first-order chi connectivity index (χ1) is 13.5. The fraction of sp³-hybridized carbons (Fsp3) is 0.500. The number of aliphatic hydroxyl groups excluding tert-OH is 1. The summed E-state index contributed by atoms with van der Waals surface area (Å²) in [5.74, 6) is 1.19. The molecule has 0 radical (unpaired) electrons. The minimum absolute atomic E-state index is 0.273. The van der Waals surface area contributed by atoms with Gasteiger partial charge in [0.25, 0.3) is 0 Å². The van der Waals surface area contributed by atoms with Crippen LogP contribution in [0.25, 0.3) is 0 Å². The number of aromatic hydroxyl groups is 1. The molecular weight excluding hydrogens is 350 g/mol. The van der Waals surface area contributed by atoms with E-state index in [0.29, 0.717) is 24.9 Å². The van der Waals surface area contributed by atoms with E-state index in [9.17, 15) is 10.2 Å². The van der Waals surface area contributed by atoms with Crippen LogP contribution >= 0.6 is 0 Å². The summed E-state index contributed by atoms with van der Waals surface area (Å²) in [4.78, 5) is 2.33. The van der Waals surface area contributed by atoms with Crippen molar-refractivity contribution in [1.29, 1.82) is 0 Å². The van der Waals surface area contributed by atoms with Gasteiger partial charge in [-0.1, -0.05) is 55.7 Å². The summed E-state index contributed by atoms with van der Waals surface area (Å²) in [6, 6.07) is 14.0. The molecule has 4 heteroatoms. The quantitative estimate of drug-likeness (QED) is 0.700. The molecule has 3 rings (SSSR count). The van der Waals surface area contributed by atoms with Crippen LogP contribution in [-0.4, -0.2) is 40.4 Å². The van der Waals surface area contributed by atoms with Gasteiger partial charge in [0.1, 0.15) is 24.2 Å². The number of aliphatic hydroxyl groups is 1. The maximum Gasteiger partial charge on any atom is 0.125 e. The van der Waals surface area contributed by atoms with Crippen molar-refractivity contribution in [3.8, 4) is 11.5 Å². The summed E-state index contributed by atoms with van der Waals surface area (Å²) in [6.07, 6.45) is 5.48. The van der Waals surface area contributed by atoms with Crippen molar-refractivity contribution in [2.75, 3.05) is 13.2 Å². The summed E-state index contributed by atoms with van der Waals surface area (Å²) in [5.41, 5.74) is 3.09.